The zero-order valence-electron chi connectivity index (χ0n) is 12.9. The Bertz CT molecular complexity index is 762. The number of amides is 3. The summed E-state index contributed by atoms with van der Waals surface area (Å²) in [6.45, 7) is -0.0836. The molecule has 1 aromatic heterocycles. The van der Waals surface area contributed by atoms with Gasteiger partial charge in [-0.25, -0.2) is 0 Å². The minimum atomic E-state index is -0.523. The van der Waals surface area contributed by atoms with Gasteiger partial charge in [0.25, 0.3) is 0 Å². The van der Waals surface area contributed by atoms with Crippen molar-refractivity contribution in [1.82, 2.24) is 5.32 Å². The molecule has 124 valence electrons. The summed E-state index contributed by atoms with van der Waals surface area (Å²) in [6, 6.07) is 6.25. The first-order chi connectivity index (χ1) is 11.5. The third kappa shape index (κ3) is 3.62. The molecule has 1 aromatic carbocycles. The van der Waals surface area contributed by atoms with Crippen molar-refractivity contribution in [2.24, 2.45) is 11.7 Å². The summed E-state index contributed by atoms with van der Waals surface area (Å²) in [6.07, 6.45) is 1.47. The number of hydrogen-bond acceptors (Lipinski definition) is 4. The highest BCUT2D eigenvalue weighted by molar-refractivity contribution is 7.08. The van der Waals surface area contributed by atoms with Crippen LogP contribution in [0.15, 0.2) is 35.0 Å². The number of fused-ring (bicyclic) bond motifs is 1. The maximum atomic E-state index is 12.1. The summed E-state index contributed by atoms with van der Waals surface area (Å²) in [5.74, 6) is -1.03. The minimum Gasteiger partial charge on any atom is -0.366 e. The molecular weight excluding hydrogens is 326 g/mol. The fourth-order valence-electron chi connectivity index (χ4n) is 2.73. The molecule has 0 atom stereocenters. The van der Waals surface area contributed by atoms with Crippen molar-refractivity contribution < 1.29 is 14.4 Å². The van der Waals surface area contributed by atoms with Crippen LogP contribution in [0.25, 0.3) is 0 Å². The van der Waals surface area contributed by atoms with E-state index in [0.29, 0.717) is 11.3 Å². The van der Waals surface area contributed by atoms with Gasteiger partial charge in [0.2, 0.25) is 17.7 Å². The molecule has 1 aliphatic carbocycles. The van der Waals surface area contributed by atoms with Crippen molar-refractivity contribution in [3.05, 3.63) is 51.7 Å². The van der Waals surface area contributed by atoms with E-state index in [0.717, 1.165) is 12.8 Å². The van der Waals surface area contributed by atoms with Gasteiger partial charge in [-0.3, -0.25) is 14.4 Å². The van der Waals surface area contributed by atoms with E-state index in [4.69, 9.17) is 5.73 Å². The molecule has 6 nitrogen and oxygen atoms in total. The van der Waals surface area contributed by atoms with Crippen molar-refractivity contribution in [2.75, 3.05) is 11.9 Å². The molecule has 0 unspecified atom stereocenters. The number of thiophene rings is 1. The van der Waals surface area contributed by atoms with E-state index >= 15 is 0 Å². The predicted octanol–water partition coefficient (Wildman–Crippen LogP) is 1.32. The number of carbonyl (C=O) groups is 3. The van der Waals surface area contributed by atoms with Gasteiger partial charge in [-0.2, -0.15) is 11.3 Å². The highest BCUT2D eigenvalue weighted by Gasteiger charge is 2.27. The summed E-state index contributed by atoms with van der Waals surface area (Å²) in [4.78, 5) is 35.0. The molecule has 24 heavy (non-hydrogen) atoms. The average Bonchev–Trinajstić information content (AvgIpc) is 3.14. The lowest BCUT2D eigenvalue weighted by molar-refractivity contribution is -0.127. The summed E-state index contributed by atoms with van der Waals surface area (Å²) in [5.41, 5.74) is 8.54. The number of hydrogen-bond donors (Lipinski definition) is 3. The van der Waals surface area contributed by atoms with Gasteiger partial charge in [-0.1, -0.05) is 0 Å². The fraction of sp³-hybridized carbons (Fsp3) is 0.235. The van der Waals surface area contributed by atoms with Crippen LogP contribution in [0.3, 0.4) is 0 Å². The Labute approximate surface area is 143 Å². The molecule has 0 radical (unpaired) electrons. The lowest BCUT2D eigenvalue weighted by Crippen LogP contribution is -2.37. The SMILES string of the molecule is NC(=O)c1ccc(NC(=O)CNC(=O)C2Cc3cscc3C2)cc1. The first-order valence-corrected chi connectivity index (χ1v) is 8.48. The van der Waals surface area contributed by atoms with E-state index < -0.39 is 5.91 Å². The summed E-state index contributed by atoms with van der Waals surface area (Å²) in [5, 5.41) is 9.49. The average molecular weight is 343 g/mol. The van der Waals surface area contributed by atoms with Crippen molar-refractivity contribution in [1.29, 1.82) is 0 Å². The zero-order chi connectivity index (χ0) is 17.1. The van der Waals surface area contributed by atoms with Crippen LogP contribution >= 0.6 is 11.3 Å². The summed E-state index contributed by atoms with van der Waals surface area (Å²) in [7, 11) is 0. The van der Waals surface area contributed by atoms with Crippen LogP contribution in [0.4, 0.5) is 5.69 Å². The Hall–Kier alpha value is -2.67. The van der Waals surface area contributed by atoms with E-state index in [1.807, 2.05) is 0 Å². The van der Waals surface area contributed by atoms with Crippen LogP contribution < -0.4 is 16.4 Å². The first kappa shape index (κ1) is 16.2. The molecule has 0 spiro atoms. The van der Waals surface area contributed by atoms with Gasteiger partial charge in [0, 0.05) is 17.2 Å². The highest BCUT2D eigenvalue weighted by Crippen LogP contribution is 2.29. The van der Waals surface area contributed by atoms with Crippen molar-refractivity contribution >= 4 is 34.7 Å². The van der Waals surface area contributed by atoms with Crippen molar-refractivity contribution in [2.45, 2.75) is 12.8 Å². The number of nitrogens with one attached hydrogen (secondary N) is 2. The van der Waals surface area contributed by atoms with Gasteiger partial charge in [0.1, 0.15) is 0 Å². The van der Waals surface area contributed by atoms with Gasteiger partial charge in [-0.15, -0.1) is 0 Å². The smallest absolute Gasteiger partial charge is 0.248 e. The standard InChI is InChI=1S/C17H17N3O3S/c18-16(22)10-1-3-14(4-2-10)20-15(21)7-19-17(23)11-5-12-8-24-9-13(12)6-11/h1-4,8-9,11H,5-7H2,(H2,18,22)(H,19,23)(H,20,21). The molecule has 0 bridgehead atoms. The van der Waals surface area contributed by atoms with E-state index in [2.05, 4.69) is 21.4 Å². The normalized spacial score (nSPS) is 13.3. The van der Waals surface area contributed by atoms with Crippen LogP contribution in [-0.4, -0.2) is 24.3 Å². The molecular formula is C17H17N3O3S. The van der Waals surface area contributed by atoms with E-state index in [1.54, 1.807) is 23.5 Å². The van der Waals surface area contributed by atoms with Crippen LogP contribution in [0.1, 0.15) is 21.5 Å². The second-order valence-electron chi connectivity index (χ2n) is 5.74. The number of benzene rings is 1. The second-order valence-corrected chi connectivity index (χ2v) is 6.48. The largest absolute Gasteiger partial charge is 0.366 e. The third-order valence-electron chi connectivity index (χ3n) is 4.01. The van der Waals surface area contributed by atoms with Gasteiger partial charge in [-0.05, 0) is 59.0 Å². The molecule has 3 amide bonds. The van der Waals surface area contributed by atoms with E-state index in [-0.39, 0.29) is 24.3 Å². The highest BCUT2D eigenvalue weighted by atomic mass is 32.1. The number of primary amides is 1. The number of nitrogens with two attached hydrogens (primary N) is 1. The van der Waals surface area contributed by atoms with Gasteiger partial charge in [0.05, 0.1) is 6.54 Å². The molecule has 0 saturated carbocycles. The molecule has 7 heteroatoms. The van der Waals surface area contributed by atoms with Crippen LogP contribution in [0, 0.1) is 5.92 Å². The topological polar surface area (TPSA) is 101 Å². The second kappa shape index (κ2) is 6.84. The Morgan fingerprint density at radius 2 is 1.71 bits per heavy atom. The van der Waals surface area contributed by atoms with Crippen LogP contribution in [0.5, 0.6) is 0 Å². The minimum absolute atomic E-state index is 0.0836. The Morgan fingerprint density at radius 3 is 2.29 bits per heavy atom. The lowest BCUT2D eigenvalue weighted by atomic mass is 10.1. The van der Waals surface area contributed by atoms with Gasteiger partial charge < -0.3 is 16.4 Å². The molecule has 0 fully saturated rings. The number of anilines is 1. The maximum absolute atomic E-state index is 12.1. The Morgan fingerprint density at radius 1 is 1.08 bits per heavy atom. The number of rotatable bonds is 5. The zero-order valence-corrected chi connectivity index (χ0v) is 13.7. The quantitative estimate of drug-likeness (QED) is 0.763. The van der Waals surface area contributed by atoms with Crippen LogP contribution in [-0.2, 0) is 22.4 Å². The van der Waals surface area contributed by atoms with Crippen molar-refractivity contribution in [3.8, 4) is 0 Å². The molecule has 0 aliphatic heterocycles. The molecule has 1 heterocycles. The molecule has 0 saturated heterocycles. The Kier molecular flexibility index (Phi) is 4.61. The van der Waals surface area contributed by atoms with Gasteiger partial charge >= 0.3 is 0 Å². The summed E-state index contributed by atoms with van der Waals surface area (Å²) < 4.78 is 0. The monoisotopic (exact) mass is 343 g/mol. The first-order valence-electron chi connectivity index (χ1n) is 7.54. The maximum Gasteiger partial charge on any atom is 0.248 e. The third-order valence-corrected chi connectivity index (χ3v) is 4.85. The predicted molar refractivity (Wildman–Crippen MR) is 91.8 cm³/mol. The summed E-state index contributed by atoms with van der Waals surface area (Å²) >= 11 is 1.65. The van der Waals surface area contributed by atoms with E-state index in [9.17, 15) is 14.4 Å². The van der Waals surface area contributed by atoms with Crippen molar-refractivity contribution in [3.63, 3.8) is 0 Å². The molecule has 2 aromatic rings. The Balaban J connectivity index is 1.46. The molecule has 4 N–H and O–H groups in total. The van der Waals surface area contributed by atoms with Gasteiger partial charge in [0.15, 0.2) is 0 Å². The number of carbonyl (C=O) groups excluding carboxylic acids is 3. The molecule has 1 aliphatic rings. The molecule has 3 rings (SSSR count). The van der Waals surface area contributed by atoms with E-state index in [1.165, 1.54) is 23.3 Å². The lowest BCUT2D eigenvalue weighted by Gasteiger charge is -2.11. The fourth-order valence-corrected chi connectivity index (χ4v) is 3.62. The van der Waals surface area contributed by atoms with Crippen LogP contribution in [0.2, 0.25) is 0 Å².